The Hall–Kier alpha value is -1.26. The molecule has 0 aliphatic carbocycles. The summed E-state index contributed by atoms with van der Waals surface area (Å²) in [6, 6.07) is 8.61. The SMILES string of the molecule is COc1ccccc1OCCN1CCC2NCCC2C1. The minimum absolute atomic E-state index is 0.727. The van der Waals surface area contributed by atoms with E-state index in [0.717, 1.165) is 36.6 Å². The molecule has 110 valence electrons. The minimum atomic E-state index is 0.727. The van der Waals surface area contributed by atoms with E-state index < -0.39 is 0 Å². The molecule has 2 atom stereocenters. The molecule has 2 aliphatic rings. The Kier molecular flexibility index (Phi) is 4.43. The summed E-state index contributed by atoms with van der Waals surface area (Å²) < 4.78 is 11.2. The summed E-state index contributed by atoms with van der Waals surface area (Å²) in [6.07, 6.45) is 2.61. The molecule has 2 aliphatic heterocycles. The number of likely N-dealkylation sites (tertiary alicyclic amines) is 1. The second-order valence-electron chi connectivity index (χ2n) is 5.70. The average Bonchev–Trinajstić information content (AvgIpc) is 2.95. The van der Waals surface area contributed by atoms with Gasteiger partial charge < -0.3 is 14.8 Å². The summed E-state index contributed by atoms with van der Waals surface area (Å²) in [5, 5.41) is 3.60. The highest BCUT2D eigenvalue weighted by Crippen LogP contribution is 2.26. The van der Waals surface area contributed by atoms with E-state index in [9.17, 15) is 0 Å². The Labute approximate surface area is 121 Å². The van der Waals surface area contributed by atoms with Gasteiger partial charge in [-0.25, -0.2) is 0 Å². The average molecular weight is 276 g/mol. The van der Waals surface area contributed by atoms with Crippen LogP contribution in [0.15, 0.2) is 24.3 Å². The number of rotatable bonds is 5. The molecule has 0 spiro atoms. The lowest BCUT2D eigenvalue weighted by Gasteiger charge is -2.34. The predicted octanol–water partition coefficient (Wildman–Crippen LogP) is 1.76. The maximum atomic E-state index is 5.86. The van der Waals surface area contributed by atoms with Crippen LogP contribution in [0.25, 0.3) is 0 Å². The van der Waals surface area contributed by atoms with Gasteiger partial charge >= 0.3 is 0 Å². The van der Waals surface area contributed by atoms with Crippen LogP contribution in [0.1, 0.15) is 12.8 Å². The number of hydrogen-bond donors (Lipinski definition) is 1. The van der Waals surface area contributed by atoms with Crippen molar-refractivity contribution in [1.29, 1.82) is 0 Å². The van der Waals surface area contributed by atoms with E-state index in [-0.39, 0.29) is 0 Å². The van der Waals surface area contributed by atoms with Crippen LogP contribution in [-0.2, 0) is 0 Å². The molecule has 1 aromatic carbocycles. The van der Waals surface area contributed by atoms with Crippen LogP contribution in [0.5, 0.6) is 11.5 Å². The van der Waals surface area contributed by atoms with Gasteiger partial charge in [-0.1, -0.05) is 12.1 Å². The Morgan fingerprint density at radius 1 is 1.25 bits per heavy atom. The van der Waals surface area contributed by atoms with Gasteiger partial charge in [0.2, 0.25) is 0 Å². The first kappa shape index (κ1) is 13.7. The van der Waals surface area contributed by atoms with Crippen molar-refractivity contribution < 1.29 is 9.47 Å². The van der Waals surface area contributed by atoms with Crippen LogP contribution in [0.2, 0.25) is 0 Å². The summed E-state index contributed by atoms with van der Waals surface area (Å²) in [7, 11) is 1.68. The quantitative estimate of drug-likeness (QED) is 0.888. The Morgan fingerprint density at radius 2 is 2.10 bits per heavy atom. The Bertz CT molecular complexity index is 438. The van der Waals surface area contributed by atoms with E-state index >= 15 is 0 Å². The van der Waals surface area contributed by atoms with Crippen molar-refractivity contribution in [3.63, 3.8) is 0 Å². The topological polar surface area (TPSA) is 33.7 Å². The molecule has 2 fully saturated rings. The van der Waals surface area contributed by atoms with Gasteiger partial charge in [-0.05, 0) is 44.0 Å². The highest BCUT2D eigenvalue weighted by atomic mass is 16.5. The van der Waals surface area contributed by atoms with Gasteiger partial charge in [-0.3, -0.25) is 4.90 Å². The molecule has 1 aromatic rings. The molecule has 0 radical (unpaired) electrons. The molecule has 0 saturated carbocycles. The molecule has 4 nitrogen and oxygen atoms in total. The molecule has 20 heavy (non-hydrogen) atoms. The van der Waals surface area contributed by atoms with Crippen LogP contribution in [0.4, 0.5) is 0 Å². The van der Waals surface area contributed by atoms with E-state index in [4.69, 9.17) is 9.47 Å². The van der Waals surface area contributed by atoms with Gasteiger partial charge in [-0.15, -0.1) is 0 Å². The highest BCUT2D eigenvalue weighted by molar-refractivity contribution is 5.39. The summed E-state index contributed by atoms with van der Waals surface area (Å²) in [5.74, 6) is 2.49. The van der Waals surface area contributed by atoms with Crippen molar-refractivity contribution in [3.8, 4) is 11.5 Å². The van der Waals surface area contributed by atoms with Crippen LogP contribution in [-0.4, -0.2) is 50.8 Å². The molecule has 3 rings (SSSR count). The van der Waals surface area contributed by atoms with Crippen LogP contribution in [0, 0.1) is 5.92 Å². The van der Waals surface area contributed by atoms with E-state index in [1.54, 1.807) is 7.11 Å². The second kappa shape index (κ2) is 6.46. The molecule has 0 bridgehead atoms. The number of piperidine rings is 1. The van der Waals surface area contributed by atoms with Gasteiger partial charge in [0.1, 0.15) is 6.61 Å². The number of para-hydroxylation sites is 2. The van der Waals surface area contributed by atoms with Crippen molar-refractivity contribution in [1.82, 2.24) is 10.2 Å². The van der Waals surface area contributed by atoms with Gasteiger partial charge in [0, 0.05) is 19.1 Å². The number of methoxy groups -OCH3 is 1. The number of nitrogens with zero attached hydrogens (tertiary/aromatic N) is 1. The third kappa shape index (κ3) is 3.07. The summed E-state index contributed by atoms with van der Waals surface area (Å²) in [5.41, 5.74) is 0. The predicted molar refractivity (Wildman–Crippen MR) is 79.4 cm³/mol. The molecular weight excluding hydrogens is 252 g/mol. The van der Waals surface area contributed by atoms with Crippen LogP contribution in [0.3, 0.4) is 0 Å². The van der Waals surface area contributed by atoms with Gasteiger partial charge in [0.25, 0.3) is 0 Å². The maximum Gasteiger partial charge on any atom is 0.161 e. The van der Waals surface area contributed by atoms with Gasteiger partial charge in [0.15, 0.2) is 11.5 Å². The molecule has 1 N–H and O–H groups in total. The number of nitrogens with one attached hydrogen (secondary N) is 1. The zero-order chi connectivity index (χ0) is 13.8. The number of benzene rings is 1. The Balaban J connectivity index is 1.45. The first-order valence-corrected chi connectivity index (χ1v) is 7.58. The van der Waals surface area contributed by atoms with E-state index in [1.807, 2.05) is 24.3 Å². The van der Waals surface area contributed by atoms with Crippen molar-refractivity contribution in [2.45, 2.75) is 18.9 Å². The minimum Gasteiger partial charge on any atom is -0.493 e. The van der Waals surface area contributed by atoms with Crippen molar-refractivity contribution in [3.05, 3.63) is 24.3 Å². The largest absolute Gasteiger partial charge is 0.493 e. The van der Waals surface area contributed by atoms with Crippen molar-refractivity contribution >= 4 is 0 Å². The molecule has 2 unspecified atom stereocenters. The maximum absolute atomic E-state index is 5.86. The van der Waals surface area contributed by atoms with Crippen LogP contribution >= 0.6 is 0 Å². The number of fused-ring (bicyclic) bond motifs is 1. The van der Waals surface area contributed by atoms with E-state index in [1.165, 1.54) is 32.5 Å². The lowest BCUT2D eigenvalue weighted by atomic mass is 9.93. The fraction of sp³-hybridized carbons (Fsp3) is 0.625. The van der Waals surface area contributed by atoms with Gasteiger partial charge in [0.05, 0.1) is 7.11 Å². The van der Waals surface area contributed by atoms with Gasteiger partial charge in [-0.2, -0.15) is 0 Å². The zero-order valence-electron chi connectivity index (χ0n) is 12.2. The molecule has 4 heteroatoms. The fourth-order valence-electron chi connectivity index (χ4n) is 3.35. The highest BCUT2D eigenvalue weighted by Gasteiger charge is 2.32. The monoisotopic (exact) mass is 276 g/mol. The molecule has 2 saturated heterocycles. The molecular formula is C16H24N2O2. The van der Waals surface area contributed by atoms with E-state index in [2.05, 4.69) is 10.2 Å². The summed E-state index contributed by atoms with van der Waals surface area (Å²) in [4.78, 5) is 2.53. The fourth-order valence-corrected chi connectivity index (χ4v) is 3.35. The first-order valence-electron chi connectivity index (χ1n) is 7.58. The smallest absolute Gasteiger partial charge is 0.161 e. The van der Waals surface area contributed by atoms with Crippen molar-refractivity contribution in [2.24, 2.45) is 5.92 Å². The Morgan fingerprint density at radius 3 is 2.95 bits per heavy atom. The van der Waals surface area contributed by atoms with E-state index in [0.29, 0.717) is 0 Å². The lowest BCUT2D eigenvalue weighted by Crippen LogP contribution is -2.45. The second-order valence-corrected chi connectivity index (χ2v) is 5.70. The molecule has 0 amide bonds. The third-order valence-corrected chi connectivity index (χ3v) is 4.47. The summed E-state index contributed by atoms with van der Waals surface area (Å²) >= 11 is 0. The number of hydrogen-bond acceptors (Lipinski definition) is 4. The lowest BCUT2D eigenvalue weighted by molar-refractivity contribution is 0.137. The zero-order valence-corrected chi connectivity index (χ0v) is 12.2. The first-order chi connectivity index (χ1) is 9.86. The van der Waals surface area contributed by atoms with Crippen LogP contribution < -0.4 is 14.8 Å². The standard InChI is InChI=1S/C16H24N2O2/c1-19-15-4-2-3-5-16(15)20-11-10-18-9-7-14-13(12-18)6-8-17-14/h2-5,13-14,17H,6-12H2,1H3. The van der Waals surface area contributed by atoms with Crippen molar-refractivity contribution in [2.75, 3.05) is 39.9 Å². The molecule has 2 heterocycles. The summed E-state index contributed by atoms with van der Waals surface area (Å²) in [6.45, 7) is 5.32. The number of ether oxygens (including phenoxy) is 2. The normalized spacial score (nSPS) is 26.2. The molecule has 0 aromatic heterocycles. The third-order valence-electron chi connectivity index (χ3n) is 4.47.